The second-order valence-corrected chi connectivity index (χ2v) is 6.51. The number of carbonyl (C=O) groups excluding carboxylic acids is 2. The van der Waals surface area contributed by atoms with Crippen LogP contribution in [0.5, 0.6) is 5.75 Å². The van der Waals surface area contributed by atoms with Crippen LogP contribution >= 0.6 is 11.6 Å². The summed E-state index contributed by atoms with van der Waals surface area (Å²) in [7, 11) is 0. The first kappa shape index (κ1) is 20.7. The summed E-state index contributed by atoms with van der Waals surface area (Å²) in [5, 5.41) is 3.20. The van der Waals surface area contributed by atoms with Crippen LogP contribution in [0.25, 0.3) is 0 Å². The summed E-state index contributed by atoms with van der Waals surface area (Å²) in [6.07, 6.45) is -1.92. The molecule has 1 amide bonds. The fourth-order valence-corrected chi connectivity index (χ4v) is 2.46. The maximum Gasteiger partial charge on any atom is 0.347 e. The molecule has 2 aromatic carbocycles. The van der Waals surface area contributed by atoms with Crippen molar-refractivity contribution in [3.05, 3.63) is 64.9 Å². The number of hydrogen-bond donors (Lipinski definition) is 1. The molecule has 1 N–H and O–H groups in total. The Balaban J connectivity index is 1.87. The van der Waals surface area contributed by atoms with Gasteiger partial charge in [-0.2, -0.15) is 0 Å². The highest BCUT2D eigenvalue weighted by Crippen LogP contribution is 2.19. The second kappa shape index (κ2) is 9.37. The Kier molecular flexibility index (Phi) is 7.19. The lowest BCUT2D eigenvalue weighted by atomic mass is 10.1. The number of rotatable bonds is 7. The second-order valence-electron chi connectivity index (χ2n) is 6.08. The smallest absolute Gasteiger partial charge is 0.347 e. The molecule has 7 heteroatoms. The quantitative estimate of drug-likeness (QED) is 0.720. The first-order valence-electron chi connectivity index (χ1n) is 8.45. The fraction of sp³-hybridized carbons (Fsp3) is 0.300. The zero-order valence-corrected chi connectivity index (χ0v) is 16.0. The van der Waals surface area contributed by atoms with E-state index in [0.29, 0.717) is 10.8 Å². The van der Waals surface area contributed by atoms with Crippen molar-refractivity contribution in [3.63, 3.8) is 0 Å². The maximum atomic E-state index is 13.0. The average molecular weight is 394 g/mol. The predicted octanol–water partition coefficient (Wildman–Crippen LogP) is 4.06. The van der Waals surface area contributed by atoms with Gasteiger partial charge >= 0.3 is 5.97 Å². The van der Waals surface area contributed by atoms with Gasteiger partial charge in [0.25, 0.3) is 5.91 Å². The molecule has 0 aliphatic heterocycles. The van der Waals surface area contributed by atoms with Gasteiger partial charge < -0.3 is 14.8 Å². The normalized spacial score (nSPS) is 14.0. The van der Waals surface area contributed by atoms with Gasteiger partial charge in [0.1, 0.15) is 11.6 Å². The molecule has 0 saturated heterocycles. The standard InChI is InChI=1S/C20H21ClFNO4/c1-12(15-7-9-17(22)10-8-15)23-19(24)13(2)27-20(25)14(3)26-18-6-4-5-16(21)11-18/h4-14H,1-3H3,(H,23,24). The van der Waals surface area contributed by atoms with E-state index in [4.69, 9.17) is 21.1 Å². The first-order valence-corrected chi connectivity index (χ1v) is 8.82. The lowest BCUT2D eigenvalue weighted by molar-refractivity contribution is -0.161. The largest absolute Gasteiger partial charge is 0.479 e. The Morgan fingerprint density at radius 2 is 1.70 bits per heavy atom. The molecule has 0 spiro atoms. The van der Waals surface area contributed by atoms with Crippen molar-refractivity contribution in [1.82, 2.24) is 5.32 Å². The zero-order valence-electron chi connectivity index (χ0n) is 15.2. The lowest BCUT2D eigenvalue weighted by Gasteiger charge is -2.20. The van der Waals surface area contributed by atoms with Gasteiger partial charge in [-0.1, -0.05) is 29.8 Å². The fourth-order valence-electron chi connectivity index (χ4n) is 2.28. The molecule has 0 aliphatic carbocycles. The van der Waals surface area contributed by atoms with Crippen LogP contribution in [0.1, 0.15) is 32.4 Å². The zero-order chi connectivity index (χ0) is 20.0. The average Bonchev–Trinajstić information content (AvgIpc) is 2.62. The van der Waals surface area contributed by atoms with E-state index in [9.17, 15) is 14.0 Å². The molecule has 27 heavy (non-hydrogen) atoms. The number of carbonyl (C=O) groups is 2. The summed E-state index contributed by atoms with van der Waals surface area (Å²) >= 11 is 5.87. The molecule has 0 radical (unpaired) electrons. The molecule has 0 heterocycles. The lowest BCUT2D eigenvalue weighted by Crippen LogP contribution is -2.39. The van der Waals surface area contributed by atoms with Crippen LogP contribution < -0.4 is 10.1 Å². The van der Waals surface area contributed by atoms with Crippen LogP contribution in [0, 0.1) is 5.82 Å². The number of nitrogens with one attached hydrogen (secondary N) is 1. The number of hydrogen-bond acceptors (Lipinski definition) is 4. The predicted molar refractivity (Wildman–Crippen MR) is 100 cm³/mol. The Morgan fingerprint density at radius 1 is 1.04 bits per heavy atom. The molecule has 144 valence electrons. The first-order chi connectivity index (χ1) is 12.8. The Hall–Kier alpha value is -2.60. The Morgan fingerprint density at radius 3 is 2.33 bits per heavy atom. The van der Waals surface area contributed by atoms with Gasteiger partial charge in [0.05, 0.1) is 6.04 Å². The SMILES string of the molecule is CC(OC(=O)C(C)Oc1cccc(Cl)c1)C(=O)NC(C)c1ccc(F)cc1. The minimum atomic E-state index is -1.01. The molecule has 0 bridgehead atoms. The molecule has 2 rings (SSSR count). The number of ether oxygens (including phenoxy) is 2. The van der Waals surface area contributed by atoms with E-state index in [2.05, 4.69) is 5.32 Å². The van der Waals surface area contributed by atoms with E-state index < -0.39 is 24.1 Å². The van der Waals surface area contributed by atoms with Crippen molar-refractivity contribution < 1.29 is 23.5 Å². The van der Waals surface area contributed by atoms with Crippen molar-refractivity contribution in [2.24, 2.45) is 0 Å². The van der Waals surface area contributed by atoms with Crippen molar-refractivity contribution in [2.75, 3.05) is 0 Å². The number of esters is 1. The van der Waals surface area contributed by atoms with Gasteiger partial charge in [-0.15, -0.1) is 0 Å². The number of benzene rings is 2. The van der Waals surface area contributed by atoms with Crippen LogP contribution in [0.2, 0.25) is 5.02 Å². The molecule has 0 saturated carbocycles. The topological polar surface area (TPSA) is 64.6 Å². The van der Waals surface area contributed by atoms with Crippen LogP contribution in [0.3, 0.4) is 0 Å². The van der Waals surface area contributed by atoms with Crippen molar-refractivity contribution in [2.45, 2.75) is 39.0 Å². The third-order valence-corrected chi connectivity index (χ3v) is 4.07. The summed E-state index contributed by atoms with van der Waals surface area (Å²) in [6.45, 7) is 4.75. The summed E-state index contributed by atoms with van der Waals surface area (Å²) in [5.41, 5.74) is 0.737. The molecule has 3 unspecified atom stereocenters. The van der Waals surface area contributed by atoms with Gasteiger partial charge in [0, 0.05) is 5.02 Å². The van der Waals surface area contributed by atoms with Gasteiger partial charge in [0.2, 0.25) is 0 Å². The minimum absolute atomic E-state index is 0.353. The molecule has 0 fully saturated rings. The Labute approximate surface area is 162 Å². The summed E-state index contributed by atoms with van der Waals surface area (Å²) in [5.74, 6) is -1.07. The number of halogens is 2. The van der Waals surface area contributed by atoms with Crippen LogP contribution in [0.15, 0.2) is 48.5 Å². The van der Waals surface area contributed by atoms with E-state index in [1.165, 1.54) is 26.0 Å². The molecule has 5 nitrogen and oxygen atoms in total. The van der Waals surface area contributed by atoms with E-state index in [1.54, 1.807) is 43.3 Å². The van der Waals surface area contributed by atoms with E-state index >= 15 is 0 Å². The van der Waals surface area contributed by atoms with Gasteiger partial charge in [-0.3, -0.25) is 4.79 Å². The minimum Gasteiger partial charge on any atom is -0.479 e. The molecular weight excluding hydrogens is 373 g/mol. The van der Waals surface area contributed by atoms with Crippen molar-refractivity contribution in [1.29, 1.82) is 0 Å². The highest BCUT2D eigenvalue weighted by molar-refractivity contribution is 6.30. The van der Waals surface area contributed by atoms with E-state index in [0.717, 1.165) is 5.56 Å². The molecule has 3 atom stereocenters. The summed E-state index contributed by atoms with van der Waals surface area (Å²) < 4.78 is 23.6. The van der Waals surface area contributed by atoms with Crippen LogP contribution in [0.4, 0.5) is 4.39 Å². The monoisotopic (exact) mass is 393 g/mol. The molecule has 0 aliphatic rings. The van der Waals surface area contributed by atoms with Gasteiger partial charge in [-0.05, 0) is 56.7 Å². The third kappa shape index (κ3) is 6.25. The highest BCUT2D eigenvalue weighted by atomic mass is 35.5. The highest BCUT2D eigenvalue weighted by Gasteiger charge is 2.24. The van der Waals surface area contributed by atoms with Crippen LogP contribution in [-0.4, -0.2) is 24.1 Å². The summed E-state index contributed by atoms with van der Waals surface area (Å²) in [4.78, 5) is 24.4. The Bertz CT molecular complexity index is 797. The van der Waals surface area contributed by atoms with Crippen LogP contribution in [-0.2, 0) is 14.3 Å². The van der Waals surface area contributed by atoms with E-state index in [1.807, 2.05) is 0 Å². The van der Waals surface area contributed by atoms with Crippen molar-refractivity contribution >= 4 is 23.5 Å². The van der Waals surface area contributed by atoms with E-state index in [-0.39, 0.29) is 11.9 Å². The maximum absolute atomic E-state index is 13.0. The van der Waals surface area contributed by atoms with Gasteiger partial charge in [0.15, 0.2) is 12.2 Å². The third-order valence-electron chi connectivity index (χ3n) is 3.83. The summed E-state index contributed by atoms with van der Waals surface area (Å²) in [6, 6.07) is 12.1. The molecule has 2 aromatic rings. The molecule has 0 aromatic heterocycles. The molecular formula is C20H21ClFNO4. The van der Waals surface area contributed by atoms with Gasteiger partial charge in [-0.25, -0.2) is 9.18 Å². The van der Waals surface area contributed by atoms with Crippen molar-refractivity contribution in [3.8, 4) is 5.75 Å². The number of amides is 1.